The number of aryl methyl sites for hydroxylation is 2. The monoisotopic (exact) mass is 265 g/mol. The van der Waals surface area contributed by atoms with E-state index in [1.54, 1.807) is 0 Å². The summed E-state index contributed by atoms with van der Waals surface area (Å²) in [6.45, 7) is 3.87. The van der Waals surface area contributed by atoms with Gasteiger partial charge in [0.15, 0.2) is 0 Å². The highest BCUT2D eigenvalue weighted by molar-refractivity contribution is 9.08. The van der Waals surface area contributed by atoms with Gasteiger partial charge in [0.25, 0.3) is 0 Å². The standard InChI is InChI=1S/C11H12BrN3/c1-8-13-9(2)15(14-8)11-6-4-3-5-10(11)7-12/h3-6H,7H2,1-2H3. The van der Waals surface area contributed by atoms with Gasteiger partial charge in [0, 0.05) is 5.33 Å². The van der Waals surface area contributed by atoms with Crippen molar-refractivity contribution in [3.63, 3.8) is 0 Å². The zero-order valence-electron chi connectivity index (χ0n) is 8.74. The maximum atomic E-state index is 4.37. The highest BCUT2D eigenvalue weighted by Gasteiger charge is 2.08. The Morgan fingerprint density at radius 3 is 2.60 bits per heavy atom. The predicted molar refractivity (Wildman–Crippen MR) is 63.5 cm³/mol. The molecule has 0 radical (unpaired) electrons. The van der Waals surface area contributed by atoms with Gasteiger partial charge in [-0.25, -0.2) is 9.67 Å². The van der Waals surface area contributed by atoms with E-state index in [2.05, 4.69) is 38.1 Å². The molecule has 2 aromatic rings. The summed E-state index contributed by atoms with van der Waals surface area (Å²) in [6, 6.07) is 8.18. The first-order valence-electron chi connectivity index (χ1n) is 4.77. The fourth-order valence-electron chi connectivity index (χ4n) is 1.58. The van der Waals surface area contributed by atoms with Crippen molar-refractivity contribution in [1.29, 1.82) is 0 Å². The van der Waals surface area contributed by atoms with Gasteiger partial charge in [-0.2, -0.15) is 5.10 Å². The Bertz CT molecular complexity index is 476. The third-order valence-corrected chi connectivity index (χ3v) is 2.84. The van der Waals surface area contributed by atoms with Crippen molar-refractivity contribution in [2.75, 3.05) is 0 Å². The second-order valence-electron chi connectivity index (χ2n) is 3.38. The fraction of sp³-hybridized carbons (Fsp3) is 0.273. The van der Waals surface area contributed by atoms with Crippen molar-refractivity contribution < 1.29 is 0 Å². The molecule has 2 rings (SSSR count). The SMILES string of the molecule is Cc1nc(C)n(-c2ccccc2CBr)n1. The second-order valence-corrected chi connectivity index (χ2v) is 3.94. The number of rotatable bonds is 2. The van der Waals surface area contributed by atoms with Gasteiger partial charge in [-0.15, -0.1) is 0 Å². The molecule has 1 aromatic carbocycles. The first-order valence-corrected chi connectivity index (χ1v) is 5.89. The Hall–Kier alpha value is -1.16. The van der Waals surface area contributed by atoms with E-state index in [0.717, 1.165) is 22.7 Å². The lowest BCUT2D eigenvalue weighted by molar-refractivity contribution is 0.824. The highest BCUT2D eigenvalue weighted by atomic mass is 79.9. The Morgan fingerprint density at radius 1 is 1.27 bits per heavy atom. The van der Waals surface area contributed by atoms with Crippen LogP contribution in [-0.4, -0.2) is 14.8 Å². The van der Waals surface area contributed by atoms with Gasteiger partial charge in [0.05, 0.1) is 5.69 Å². The molecule has 1 aromatic heterocycles. The molecular weight excluding hydrogens is 254 g/mol. The topological polar surface area (TPSA) is 30.7 Å². The molecule has 3 nitrogen and oxygen atoms in total. The zero-order valence-corrected chi connectivity index (χ0v) is 10.3. The molecule has 0 aliphatic carbocycles. The number of alkyl halides is 1. The van der Waals surface area contributed by atoms with E-state index in [9.17, 15) is 0 Å². The van der Waals surface area contributed by atoms with Crippen LogP contribution in [0.25, 0.3) is 5.69 Å². The summed E-state index contributed by atoms with van der Waals surface area (Å²) >= 11 is 3.48. The summed E-state index contributed by atoms with van der Waals surface area (Å²) < 4.78 is 1.88. The van der Waals surface area contributed by atoms with Crippen LogP contribution in [-0.2, 0) is 5.33 Å². The number of nitrogens with zero attached hydrogens (tertiary/aromatic N) is 3. The number of benzene rings is 1. The Labute approximate surface area is 97.3 Å². The quantitative estimate of drug-likeness (QED) is 0.782. The number of aromatic nitrogens is 3. The van der Waals surface area contributed by atoms with E-state index >= 15 is 0 Å². The smallest absolute Gasteiger partial charge is 0.148 e. The molecular formula is C11H12BrN3. The largest absolute Gasteiger partial charge is 0.218 e. The van der Waals surface area contributed by atoms with Crippen molar-refractivity contribution in [2.45, 2.75) is 19.2 Å². The minimum atomic E-state index is 0.803. The summed E-state index contributed by atoms with van der Waals surface area (Å²) in [4.78, 5) is 4.30. The average Bonchev–Trinajstić information content (AvgIpc) is 2.57. The molecule has 0 fully saturated rings. The first kappa shape index (κ1) is 10.4. The maximum Gasteiger partial charge on any atom is 0.148 e. The van der Waals surface area contributed by atoms with Gasteiger partial charge in [0.1, 0.15) is 11.6 Å². The average molecular weight is 266 g/mol. The van der Waals surface area contributed by atoms with Gasteiger partial charge in [-0.3, -0.25) is 0 Å². The molecule has 0 aliphatic rings. The Morgan fingerprint density at radius 2 is 2.00 bits per heavy atom. The Balaban J connectivity index is 2.58. The molecule has 0 unspecified atom stereocenters. The lowest BCUT2D eigenvalue weighted by Gasteiger charge is -2.07. The molecule has 78 valence electrons. The third-order valence-electron chi connectivity index (χ3n) is 2.24. The molecule has 0 atom stereocenters. The van der Waals surface area contributed by atoms with E-state index in [4.69, 9.17) is 0 Å². The number of hydrogen-bond donors (Lipinski definition) is 0. The summed E-state index contributed by atoms with van der Waals surface area (Å²) in [5.74, 6) is 1.72. The molecule has 0 amide bonds. The van der Waals surface area contributed by atoms with Crippen LogP contribution in [0.15, 0.2) is 24.3 Å². The van der Waals surface area contributed by atoms with Crippen LogP contribution in [0.4, 0.5) is 0 Å². The van der Waals surface area contributed by atoms with Crippen LogP contribution >= 0.6 is 15.9 Å². The normalized spacial score (nSPS) is 10.6. The number of halogens is 1. The van der Waals surface area contributed by atoms with Crippen molar-refractivity contribution in [1.82, 2.24) is 14.8 Å². The van der Waals surface area contributed by atoms with Crippen LogP contribution in [0.1, 0.15) is 17.2 Å². The molecule has 0 spiro atoms. The van der Waals surface area contributed by atoms with E-state index in [-0.39, 0.29) is 0 Å². The van der Waals surface area contributed by atoms with E-state index in [1.165, 1.54) is 5.56 Å². The summed E-state index contributed by atoms with van der Waals surface area (Å²) in [6.07, 6.45) is 0. The molecule has 0 bridgehead atoms. The van der Waals surface area contributed by atoms with Crippen LogP contribution in [0, 0.1) is 13.8 Å². The van der Waals surface area contributed by atoms with E-state index in [0.29, 0.717) is 0 Å². The third kappa shape index (κ3) is 1.95. The predicted octanol–water partition coefficient (Wildman–Crippen LogP) is 2.78. The van der Waals surface area contributed by atoms with E-state index in [1.807, 2.05) is 30.7 Å². The van der Waals surface area contributed by atoms with Crippen LogP contribution < -0.4 is 0 Å². The molecule has 0 saturated carbocycles. The van der Waals surface area contributed by atoms with Crippen molar-refractivity contribution in [2.24, 2.45) is 0 Å². The van der Waals surface area contributed by atoms with Crippen molar-refractivity contribution >= 4 is 15.9 Å². The van der Waals surface area contributed by atoms with E-state index < -0.39 is 0 Å². The lowest BCUT2D eigenvalue weighted by Crippen LogP contribution is -2.02. The van der Waals surface area contributed by atoms with Crippen molar-refractivity contribution in [3.05, 3.63) is 41.5 Å². The summed E-state index contributed by atoms with van der Waals surface area (Å²) in [7, 11) is 0. The second kappa shape index (κ2) is 4.14. The zero-order chi connectivity index (χ0) is 10.8. The van der Waals surface area contributed by atoms with Crippen LogP contribution in [0.2, 0.25) is 0 Å². The van der Waals surface area contributed by atoms with Gasteiger partial charge >= 0.3 is 0 Å². The van der Waals surface area contributed by atoms with Crippen molar-refractivity contribution in [3.8, 4) is 5.69 Å². The van der Waals surface area contributed by atoms with Crippen LogP contribution in [0.5, 0.6) is 0 Å². The number of hydrogen-bond acceptors (Lipinski definition) is 2. The summed E-state index contributed by atoms with van der Waals surface area (Å²) in [5, 5.41) is 5.19. The molecule has 0 N–H and O–H groups in total. The molecule has 4 heteroatoms. The highest BCUT2D eigenvalue weighted by Crippen LogP contribution is 2.17. The van der Waals surface area contributed by atoms with Gasteiger partial charge < -0.3 is 0 Å². The molecule has 15 heavy (non-hydrogen) atoms. The minimum Gasteiger partial charge on any atom is -0.218 e. The lowest BCUT2D eigenvalue weighted by atomic mass is 10.2. The van der Waals surface area contributed by atoms with Gasteiger partial charge in [-0.1, -0.05) is 34.1 Å². The first-order chi connectivity index (χ1) is 7.22. The fourth-order valence-corrected chi connectivity index (χ4v) is 2.05. The van der Waals surface area contributed by atoms with Gasteiger partial charge in [0.2, 0.25) is 0 Å². The Kier molecular flexibility index (Phi) is 2.86. The van der Waals surface area contributed by atoms with Crippen LogP contribution in [0.3, 0.4) is 0 Å². The number of para-hydroxylation sites is 1. The molecule has 1 heterocycles. The summed E-state index contributed by atoms with van der Waals surface area (Å²) in [5.41, 5.74) is 2.30. The van der Waals surface area contributed by atoms with Gasteiger partial charge in [-0.05, 0) is 25.5 Å². The minimum absolute atomic E-state index is 0.803. The maximum absolute atomic E-state index is 4.37. The molecule has 0 aliphatic heterocycles. The molecule has 0 saturated heterocycles.